The number of isothiocyanates is 2. The second kappa shape index (κ2) is 26.6. The molecule has 312 valence electrons. The number of hydrogen-bond acceptors (Lipinski definition) is 4. The van der Waals surface area contributed by atoms with Crippen molar-refractivity contribution in [3.63, 3.8) is 0 Å². The Morgan fingerprint density at radius 1 is 0.306 bits per heavy atom. The standard InChI is InChI=1S/C27H20As2N2S2.C25H22As2.2Pd/c32-21-30-27(31-22-33,28(23-13-5-1-6-14-23)24-15-7-2-8-16-24)29(25-17-9-3-10-18-25)26-19-11-4-12-20-26;1-5-13-22(14-6-1)26(23-15-7-2-8-16-23)21-27(24-17-9-3-10-18-24)25-19-11-4-12-20-25;;/h1-20H;1-20H,21H2;;. The number of nitrogens with zero attached hydrogens (tertiary/aromatic N) is 2. The Labute approximate surface area is 423 Å². The van der Waals surface area contributed by atoms with Crippen LogP contribution in [-0.2, 0) is 40.8 Å². The van der Waals surface area contributed by atoms with E-state index >= 15 is 0 Å². The Kier molecular flexibility index (Phi) is 21.5. The molecule has 0 radical (unpaired) electrons. The van der Waals surface area contributed by atoms with Crippen LogP contribution in [0.25, 0.3) is 0 Å². The first-order valence-corrected chi connectivity index (χ1v) is 32.3. The zero-order valence-electron chi connectivity index (χ0n) is 33.4. The average molecular weight is 1270 g/mol. The molecule has 0 saturated heterocycles. The van der Waals surface area contributed by atoms with Crippen molar-refractivity contribution in [1.82, 2.24) is 0 Å². The second-order valence-corrected chi connectivity index (χ2v) is 36.8. The van der Waals surface area contributed by atoms with E-state index in [1.807, 2.05) is 24.3 Å². The van der Waals surface area contributed by atoms with Crippen molar-refractivity contribution in [2.45, 2.75) is 7.23 Å². The molecule has 10 heteroatoms. The van der Waals surface area contributed by atoms with Crippen LogP contribution in [0.1, 0.15) is 0 Å². The van der Waals surface area contributed by atoms with E-state index in [1.54, 1.807) is 17.4 Å². The van der Waals surface area contributed by atoms with Gasteiger partial charge < -0.3 is 0 Å². The second-order valence-electron chi connectivity index (χ2n) is 13.4. The van der Waals surface area contributed by atoms with E-state index in [9.17, 15) is 0 Å². The van der Waals surface area contributed by atoms with E-state index in [-0.39, 0.29) is 40.8 Å². The molecule has 62 heavy (non-hydrogen) atoms. The van der Waals surface area contributed by atoms with Crippen LogP contribution < -0.4 is 34.8 Å². The van der Waals surface area contributed by atoms with Crippen LogP contribution in [0.2, 0.25) is 4.00 Å². The number of thiocarbonyl (C=S) groups is 2. The molecular weight excluding hydrogens is 1230 g/mol. The van der Waals surface area contributed by atoms with E-state index in [2.05, 4.69) is 229 Å². The first-order chi connectivity index (χ1) is 29.7. The molecule has 0 aromatic heterocycles. The molecule has 8 rings (SSSR count). The van der Waals surface area contributed by atoms with Gasteiger partial charge in [-0.2, -0.15) is 0 Å². The van der Waals surface area contributed by atoms with Gasteiger partial charge in [0.05, 0.1) is 0 Å². The van der Waals surface area contributed by atoms with Crippen LogP contribution in [0.5, 0.6) is 0 Å². The fourth-order valence-corrected chi connectivity index (χ4v) is 42.7. The Balaban J connectivity index is 0.000000231. The maximum atomic E-state index is 5.26. The summed E-state index contributed by atoms with van der Waals surface area (Å²) < 4.78 is 11.7. The molecule has 0 spiro atoms. The molecule has 8 aromatic rings. The molecule has 0 amide bonds. The van der Waals surface area contributed by atoms with Gasteiger partial charge in [0.2, 0.25) is 0 Å². The Bertz CT molecular complexity index is 2250. The molecule has 0 fully saturated rings. The van der Waals surface area contributed by atoms with Gasteiger partial charge >= 0.3 is 388 Å². The van der Waals surface area contributed by atoms with E-state index in [1.165, 1.54) is 21.4 Å². The van der Waals surface area contributed by atoms with E-state index in [0.717, 1.165) is 0 Å². The van der Waals surface area contributed by atoms with Crippen molar-refractivity contribution in [3.05, 3.63) is 243 Å². The van der Waals surface area contributed by atoms with Gasteiger partial charge in [-0.05, 0) is 0 Å². The average Bonchev–Trinajstić information content (AvgIpc) is 3.32. The van der Waals surface area contributed by atoms with Crippen LogP contribution in [0.3, 0.4) is 0 Å². The first-order valence-electron chi connectivity index (χ1n) is 19.5. The molecule has 0 atom stereocenters. The molecule has 0 aliphatic rings. The van der Waals surface area contributed by atoms with Gasteiger partial charge in [0.1, 0.15) is 0 Å². The van der Waals surface area contributed by atoms with Gasteiger partial charge in [0, 0.05) is 40.8 Å². The van der Waals surface area contributed by atoms with Crippen molar-refractivity contribution in [2.75, 3.05) is 0 Å². The van der Waals surface area contributed by atoms with E-state index < -0.39 is 61.8 Å². The predicted molar refractivity (Wildman–Crippen MR) is 269 cm³/mol. The molecule has 2 nitrogen and oxygen atoms in total. The Morgan fingerprint density at radius 2 is 0.484 bits per heavy atom. The monoisotopic (exact) mass is 1270 g/mol. The zero-order chi connectivity index (χ0) is 41.2. The van der Waals surface area contributed by atoms with Gasteiger partial charge in [0.25, 0.3) is 0 Å². The third kappa shape index (κ3) is 13.0. The first kappa shape index (κ1) is 49.9. The topological polar surface area (TPSA) is 24.7 Å². The molecule has 0 aliphatic heterocycles. The summed E-state index contributed by atoms with van der Waals surface area (Å²) in [5.74, 6) is 0. The van der Waals surface area contributed by atoms with Crippen LogP contribution in [0.4, 0.5) is 0 Å². The van der Waals surface area contributed by atoms with Crippen molar-refractivity contribution in [1.29, 1.82) is 0 Å². The molecule has 0 heterocycles. The van der Waals surface area contributed by atoms with Crippen LogP contribution >= 0.6 is 24.4 Å². The summed E-state index contributed by atoms with van der Waals surface area (Å²) in [5.41, 5.74) is 0. The summed E-state index contributed by atoms with van der Waals surface area (Å²) in [6, 6.07) is 87.1. The summed E-state index contributed by atoms with van der Waals surface area (Å²) in [7, 11) is 0. The van der Waals surface area contributed by atoms with Crippen LogP contribution in [0.15, 0.2) is 253 Å². The summed E-state index contributed by atoms with van der Waals surface area (Å²) >= 11 is 3.27. The number of hydrogen-bond donors (Lipinski definition) is 0. The van der Waals surface area contributed by atoms with Crippen molar-refractivity contribution < 1.29 is 40.8 Å². The number of rotatable bonds is 14. The Morgan fingerprint density at radius 3 is 0.661 bits per heavy atom. The van der Waals surface area contributed by atoms with Crippen molar-refractivity contribution in [2.24, 2.45) is 9.98 Å². The molecule has 0 N–H and O–H groups in total. The molecule has 0 unspecified atom stereocenters. The van der Waals surface area contributed by atoms with Gasteiger partial charge in [-0.1, -0.05) is 0 Å². The molecule has 0 bridgehead atoms. The molecule has 0 saturated carbocycles. The van der Waals surface area contributed by atoms with Crippen molar-refractivity contribution in [3.8, 4) is 0 Å². The van der Waals surface area contributed by atoms with Crippen LogP contribution in [-0.4, -0.2) is 72.2 Å². The fraction of sp³-hybridized carbons (Fsp3) is 0.0385. The summed E-state index contributed by atoms with van der Waals surface area (Å²) in [6.07, 6.45) is 0. The minimum absolute atomic E-state index is 0. The third-order valence-corrected chi connectivity index (χ3v) is 39.4. The molecule has 8 aromatic carbocycles. The van der Waals surface area contributed by atoms with E-state index in [4.69, 9.17) is 34.4 Å². The molecular formula is C52H42As4N2Pd2S2. The fourth-order valence-electron chi connectivity index (χ4n) is 6.94. The summed E-state index contributed by atoms with van der Waals surface area (Å²) in [4.78, 5) is 9.90. The number of benzene rings is 8. The van der Waals surface area contributed by atoms with Gasteiger partial charge in [-0.15, -0.1) is 0 Å². The minimum atomic E-state index is -2.26. The normalized spacial score (nSPS) is 10.6. The van der Waals surface area contributed by atoms with Gasteiger partial charge in [0.15, 0.2) is 0 Å². The zero-order valence-corrected chi connectivity index (χ0v) is 45.7. The Hall–Kier alpha value is -3.08. The summed E-state index contributed by atoms with van der Waals surface area (Å²) in [5, 5.41) is 5.47. The predicted octanol–water partition coefficient (Wildman–Crippen LogP) is 6.72. The van der Waals surface area contributed by atoms with Crippen LogP contribution in [0, 0.1) is 0 Å². The third-order valence-electron chi connectivity index (χ3n) is 9.60. The number of aliphatic imine (C=N–C) groups is 2. The summed E-state index contributed by atoms with van der Waals surface area (Å²) in [6.45, 7) is 0. The SMILES string of the molecule is S=C=NC(N=C=S)([As](c1ccccc1)c1ccccc1)[As](c1ccccc1)c1ccccc1.[Pd].[Pd].c1ccc([As](C[As](c2ccccc2)c2ccccc2)c2ccccc2)cc1. The maximum absolute atomic E-state index is 5.26. The van der Waals surface area contributed by atoms with Gasteiger partial charge in [-0.3, -0.25) is 0 Å². The quantitative estimate of drug-likeness (QED) is 0.0687. The van der Waals surface area contributed by atoms with E-state index in [0.29, 0.717) is 0 Å². The molecule has 0 aliphatic carbocycles. The van der Waals surface area contributed by atoms with Gasteiger partial charge in [-0.25, -0.2) is 0 Å². The van der Waals surface area contributed by atoms with Crippen molar-refractivity contribution >= 4 is 128 Å².